The van der Waals surface area contributed by atoms with Gasteiger partial charge in [-0.3, -0.25) is 4.79 Å². The maximum Gasteiger partial charge on any atom is 0.234 e. The number of amides is 1. The highest BCUT2D eigenvalue weighted by atomic mass is 35.5. The van der Waals surface area contributed by atoms with E-state index in [1.165, 1.54) is 0 Å². The zero-order valence-corrected chi connectivity index (χ0v) is 11.3. The minimum absolute atomic E-state index is 0. The lowest BCUT2D eigenvalue weighted by atomic mass is 10.4. The zero-order valence-electron chi connectivity index (χ0n) is 10.4. The van der Waals surface area contributed by atoms with E-state index in [0.717, 1.165) is 17.0 Å². The standard InChI is InChI=1S/C12H16N4O.ClH/c1-9-4-3-5-11-15-10(8-16(9)11)6-14-12(17)7-13-2;/h3-5,8,13H,6-7H2,1-2H3,(H,14,17);1H. The lowest BCUT2D eigenvalue weighted by Crippen LogP contribution is -2.31. The average Bonchev–Trinajstić information content (AvgIpc) is 2.71. The molecule has 2 N–H and O–H groups in total. The summed E-state index contributed by atoms with van der Waals surface area (Å²) < 4.78 is 2.01. The molecule has 2 heterocycles. The molecule has 0 unspecified atom stereocenters. The van der Waals surface area contributed by atoms with Gasteiger partial charge in [-0.25, -0.2) is 4.98 Å². The number of pyridine rings is 1. The van der Waals surface area contributed by atoms with Crippen molar-refractivity contribution in [1.82, 2.24) is 20.0 Å². The maximum absolute atomic E-state index is 11.3. The van der Waals surface area contributed by atoms with E-state index >= 15 is 0 Å². The molecule has 0 atom stereocenters. The highest BCUT2D eigenvalue weighted by molar-refractivity contribution is 5.85. The number of carbonyl (C=O) groups excluding carboxylic acids is 1. The van der Waals surface area contributed by atoms with Crippen LogP contribution in [-0.2, 0) is 11.3 Å². The summed E-state index contributed by atoms with van der Waals surface area (Å²) in [6.07, 6.45) is 1.95. The van der Waals surface area contributed by atoms with Crippen molar-refractivity contribution in [3.63, 3.8) is 0 Å². The third-order valence-electron chi connectivity index (χ3n) is 2.55. The second-order valence-electron chi connectivity index (χ2n) is 3.93. The van der Waals surface area contributed by atoms with E-state index in [2.05, 4.69) is 15.6 Å². The summed E-state index contributed by atoms with van der Waals surface area (Å²) in [6.45, 7) is 2.81. The maximum atomic E-state index is 11.3. The normalized spacial score (nSPS) is 10.1. The van der Waals surface area contributed by atoms with Gasteiger partial charge in [-0.15, -0.1) is 12.4 Å². The van der Waals surface area contributed by atoms with Gasteiger partial charge in [-0.1, -0.05) is 6.07 Å². The summed E-state index contributed by atoms with van der Waals surface area (Å²) in [7, 11) is 1.74. The van der Waals surface area contributed by atoms with E-state index in [1.54, 1.807) is 7.05 Å². The SMILES string of the molecule is CNCC(=O)NCc1cn2c(C)cccc2n1.Cl. The molecule has 0 bridgehead atoms. The van der Waals surface area contributed by atoms with Crippen LogP contribution in [0.1, 0.15) is 11.4 Å². The topological polar surface area (TPSA) is 58.4 Å². The average molecular weight is 269 g/mol. The molecule has 2 rings (SSSR count). The highest BCUT2D eigenvalue weighted by Crippen LogP contribution is 2.07. The first kappa shape index (κ1) is 14.5. The fraction of sp³-hybridized carbons (Fsp3) is 0.333. The number of aryl methyl sites for hydroxylation is 1. The Bertz CT molecular complexity index is 538. The molecule has 5 nitrogen and oxygen atoms in total. The Morgan fingerprint density at radius 2 is 2.22 bits per heavy atom. The highest BCUT2D eigenvalue weighted by Gasteiger charge is 2.04. The van der Waals surface area contributed by atoms with Crippen molar-refractivity contribution in [3.05, 3.63) is 35.8 Å². The Balaban J connectivity index is 0.00000162. The molecule has 0 saturated carbocycles. The molecule has 0 aliphatic heterocycles. The number of fused-ring (bicyclic) bond motifs is 1. The Morgan fingerprint density at radius 3 is 2.89 bits per heavy atom. The van der Waals surface area contributed by atoms with Crippen molar-refractivity contribution in [1.29, 1.82) is 0 Å². The lowest BCUT2D eigenvalue weighted by Gasteiger charge is -2.01. The molecule has 2 aromatic heterocycles. The summed E-state index contributed by atoms with van der Waals surface area (Å²) >= 11 is 0. The number of aromatic nitrogens is 2. The number of nitrogens with one attached hydrogen (secondary N) is 2. The van der Waals surface area contributed by atoms with Crippen molar-refractivity contribution < 1.29 is 4.79 Å². The number of rotatable bonds is 4. The monoisotopic (exact) mass is 268 g/mol. The molecular formula is C12H17ClN4O. The van der Waals surface area contributed by atoms with E-state index in [-0.39, 0.29) is 18.3 Å². The van der Waals surface area contributed by atoms with Gasteiger partial charge in [0.15, 0.2) is 0 Å². The largest absolute Gasteiger partial charge is 0.349 e. The summed E-state index contributed by atoms with van der Waals surface area (Å²) in [5.41, 5.74) is 2.90. The van der Waals surface area contributed by atoms with Crippen LogP contribution in [0.3, 0.4) is 0 Å². The van der Waals surface area contributed by atoms with Gasteiger partial charge in [-0.05, 0) is 26.1 Å². The van der Waals surface area contributed by atoms with Crippen molar-refractivity contribution in [2.45, 2.75) is 13.5 Å². The van der Waals surface area contributed by atoms with Gasteiger partial charge in [0.1, 0.15) is 5.65 Å². The van der Waals surface area contributed by atoms with Gasteiger partial charge in [0.25, 0.3) is 0 Å². The minimum Gasteiger partial charge on any atom is -0.349 e. The fourth-order valence-corrected chi connectivity index (χ4v) is 1.70. The molecule has 0 aliphatic carbocycles. The van der Waals surface area contributed by atoms with E-state index in [9.17, 15) is 4.79 Å². The number of halogens is 1. The Morgan fingerprint density at radius 1 is 1.44 bits per heavy atom. The summed E-state index contributed by atoms with van der Waals surface area (Å²) in [5, 5.41) is 5.60. The third kappa shape index (κ3) is 3.21. The van der Waals surface area contributed by atoms with Crippen LogP contribution in [0.25, 0.3) is 5.65 Å². The molecule has 18 heavy (non-hydrogen) atoms. The van der Waals surface area contributed by atoms with Crippen molar-refractivity contribution in [2.75, 3.05) is 13.6 Å². The van der Waals surface area contributed by atoms with Crippen LogP contribution in [0.15, 0.2) is 24.4 Å². The molecule has 2 aromatic rings. The van der Waals surface area contributed by atoms with Crippen LogP contribution in [0, 0.1) is 6.92 Å². The number of likely N-dealkylation sites (N-methyl/N-ethyl adjacent to an activating group) is 1. The summed E-state index contributed by atoms with van der Waals surface area (Å²) in [5.74, 6) is -0.0266. The van der Waals surface area contributed by atoms with E-state index in [1.807, 2.05) is 35.7 Å². The number of hydrogen-bond donors (Lipinski definition) is 2. The predicted octanol–water partition coefficient (Wildman–Crippen LogP) is 0.900. The van der Waals surface area contributed by atoms with Gasteiger partial charge >= 0.3 is 0 Å². The van der Waals surface area contributed by atoms with E-state index < -0.39 is 0 Å². The van der Waals surface area contributed by atoms with Crippen LogP contribution in [0.4, 0.5) is 0 Å². The second-order valence-corrected chi connectivity index (χ2v) is 3.93. The van der Waals surface area contributed by atoms with E-state index in [4.69, 9.17) is 0 Å². The number of nitrogens with zero attached hydrogens (tertiary/aromatic N) is 2. The third-order valence-corrected chi connectivity index (χ3v) is 2.55. The van der Waals surface area contributed by atoms with Crippen molar-refractivity contribution in [3.8, 4) is 0 Å². The van der Waals surface area contributed by atoms with Gasteiger partial charge in [-0.2, -0.15) is 0 Å². The number of carbonyl (C=O) groups is 1. The van der Waals surface area contributed by atoms with Crippen molar-refractivity contribution >= 4 is 24.0 Å². The van der Waals surface area contributed by atoms with Crippen LogP contribution >= 0.6 is 12.4 Å². The Hall–Kier alpha value is -1.59. The quantitative estimate of drug-likeness (QED) is 0.866. The molecule has 0 aliphatic rings. The first-order chi connectivity index (χ1) is 8.20. The first-order valence-corrected chi connectivity index (χ1v) is 5.55. The smallest absolute Gasteiger partial charge is 0.234 e. The van der Waals surface area contributed by atoms with Gasteiger partial charge in [0, 0.05) is 11.9 Å². The van der Waals surface area contributed by atoms with Crippen LogP contribution < -0.4 is 10.6 Å². The molecule has 0 saturated heterocycles. The lowest BCUT2D eigenvalue weighted by molar-refractivity contribution is -0.120. The molecule has 1 amide bonds. The van der Waals surface area contributed by atoms with Gasteiger partial charge in [0.05, 0.1) is 18.8 Å². The number of hydrogen-bond acceptors (Lipinski definition) is 3. The summed E-state index contributed by atoms with van der Waals surface area (Å²) in [4.78, 5) is 15.7. The van der Waals surface area contributed by atoms with Crippen LogP contribution in [0.5, 0.6) is 0 Å². The van der Waals surface area contributed by atoms with Crippen LogP contribution in [-0.4, -0.2) is 28.9 Å². The molecular weight excluding hydrogens is 252 g/mol. The summed E-state index contributed by atoms with van der Waals surface area (Å²) in [6, 6.07) is 5.95. The first-order valence-electron chi connectivity index (χ1n) is 5.55. The Labute approximate surface area is 112 Å². The number of imidazole rings is 1. The molecule has 6 heteroatoms. The molecule has 0 radical (unpaired) electrons. The molecule has 0 aromatic carbocycles. The molecule has 98 valence electrons. The van der Waals surface area contributed by atoms with Crippen molar-refractivity contribution in [2.24, 2.45) is 0 Å². The predicted molar refractivity (Wildman–Crippen MR) is 73.0 cm³/mol. The Kier molecular flexibility index (Phi) is 5.12. The molecule has 0 spiro atoms. The molecule has 0 fully saturated rings. The second kappa shape index (κ2) is 6.37. The van der Waals surface area contributed by atoms with Crippen LogP contribution in [0.2, 0.25) is 0 Å². The fourth-order valence-electron chi connectivity index (χ4n) is 1.70. The van der Waals surface area contributed by atoms with Gasteiger partial charge in [0.2, 0.25) is 5.91 Å². The minimum atomic E-state index is -0.0266. The van der Waals surface area contributed by atoms with Gasteiger partial charge < -0.3 is 15.0 Å². The zero-order chi connectivity index (χ0) is 12.3. The van der Waals surface area contributed by atoms with E-state index in [0.29, 0.717) is 13.1 Å².